The zero-order valence-corrected chi connectivity index (χ0v) is 8.40. The summed E-state index contributed by atoms with van der Waals surface area (Å²) in [6.07, 6.45) is 0.173. The molecule has 0 fully saturated rings. The van der Waals surface area contributed by atoms with Crippen LogP contribution >= 0.6 is 0 Å². The Morgan fingerprint density at radius 1 is 1.00 bits per heavy atom. The quantitative estimate of drug-likeness (QED) is 0.663. The van der Waals surface area contributed by atoms with Gasteiger partial charge in [0.1, 0.15) is 0 Å². The van der Waals surface area contributed by atoms with Gasteiger partial charge in [0.05, 0.1) is 27.1 Å². The van der Waals surface area contributed by atoms with Crippen molar-refractivity contribution in [3.05, 3.63) is 0 Å². The van der Waals surface area contributed by atoms with Gasteiger partial charge in [0.15, 0.2) is 0 Å². The molecule has 14 heavy (non-hydrogen) atoms. The molecule has 0 amide bonds. The van der Waals surface area contributed by atoms with E-state index in [1.165, 1.54) is 14.2 Å². The Morgan fingerprint density at radius 2 is 1.21 bits per heavy atom. The third kappa shape index (κ3) is 16.8. The van der Waals surface area contributed by atoms with Crippen LogP contribution in [0.15, 0.2) is 0 Å². The average Bonchev–Trinajstić information content (AvgIpc) is 2.12. The zero-order chi connectivity index (χ0) is 11.6. The van der Waals surface area contributed by atoms with Gasteiger partial charge in [-0.2, -0.15) is 0 Å². The molecule has 0 unspecified atom stereocenters. The van der Waals surface area contributed by atoms with Crippen molar-refractivity contribution in [2.75, 3.05) is 14.2 Å². The number of rotatable bonds is 3. The number of carboxylic acid groups (broad SMARTS) is 1. The molecule has 1 N–H and O–H groups in total. The summed E-state index contributed by atoms with van der Waals surface area (Å²) in [6, 6.07) is 0. The molecule has 0 aromatic rings. The lowest BCUT2D eigenvalue weighted by Crippen LogP contribution is -2.06. The van der Waals surface area contributed by atoms with Crippen LogP contribution in [-0.4, -0.2) is 37.2 Å². The van der Waals surface area contributed by atoms with Crippen molar-refractivity contribution in [1.29, 1.82) is 0 Å². The first-order valence-corrected chi connectivity index (χ1v) is 3.77. The maximum absolute atomic E-state index is 10.4. The normalized spacial score (nSPS) is 7.93. The Labute approximate surface area is 81.8 Å². The Balaban J connectivity index is 0. The molecule has 0 bridgehead atoms. The first kappa shape index (κ1) is 14.9. The van der Waals surface area contributed by atoms with Crippen LogP contribution < -0.4 is 0 Å². The van der Waals surface area contributed by atoms with Crippen molar-refractivity contribution in [2.45, 2.75) is 19.8 Å². The van der Waals surface area contributed by atoms with E-state index in [0.29, 0.717) is 0 Å². The minimum Gasteiger partial charge on any atom is -0.481 e. The second-order valence-corrected chi connectivity index (χ2v) is 2.17. The molecular weight excluding hydrogens is 192 g/mol. The molecule has 0 aromatic carbocycles. The number of carbonyl (C=O) groups is 3. The lowest BCUT2D eigenvalue weighted by atomic mass is 10.3. The molecule has 0 aliphatic heterocycles. The second kappa shape index (κ2) is 9.50. The summed E-state index contributed by atoms with van der Waals surface area (Å²) < 4.78 is 8.60. The molecule has 0 saturated carbocycles. The molecule has 0 heterocycles. The average molecular weight is 206 g/mol. The van der Waals surface area contributed by atoms with Crippen molar-refractivity contribution in [3.8, 4) is 0 Å². The highest BCUT2D eigenvalue weighted by Gasteiger charge is 2.04. The SMILES string of the molecule is CC(=O)O.COC(=O)CCC(=O)OC. The molecule has 0 aliphatic rings. The minimum atomic E-state index is -0.833. The predicted molar refractivity (Wildman–Crippen MR) is 46.6 cm³/mol. The van der Waals surface area contributed by atoms with Crippen LogP contribution in [-0.2, 0) is 23.9 Å². The van der Waals surface area contributed by atoms with Crippen molar-refractivity contribution < 1.29 is 29.0 Å². The van der Waals surface area contributed by atoms with Gasteiger partial charge in [-0.05, 0) is 0 Å². The molecule has 0 atom stereocenters. The van der Waals surface area contributed by atoms with Crippen LogP contribution in [0.1, 0.15) is 19.8 Å². The van der Waals surface area contributed by atoms with E-state index in [2.05, 4.69) is 9.47 Å². The maximum Gasteiger partial charge on any atom is 0.306 e. The monoisotopic (exact) mass is 206 g/mol. The Hall–Kier alpha value is -1.59. The van der Waals surface area contributed by atoms with Crippen molar-refractivity contribution in [3.63, 3.8) is 0 Å². The highest BCUT2D eigenvalue weighted by Crippen LogP contribution is 1.92. The summed E-state index contributed by atoms with van der Waals surface area (Å²) in [5.74, 6) is -1.63. The van der Waals surface area contributed by atoms with Gasteiger partial charge in [0, 0.05) is 6.92 Å². The molecule has 0 aromatic heterocycles. The van der Waals surface area contributed by atoms with Crippen LogP contribution in [0.25, 0.3) is 0 Å². The van der Waals surface area contributed by atoms with Crippen molar-refractivity contribution in [2.24, 2.45) is 0 Å². The van der Waals surface area contributed by atoms with E-state index in [-0.39, 0.29) is 12.8 Å². The third-order valence-electron chi connectivity index (χ3n) is 0.989. The largest absolute Gasteiger partial charge is 0.481 e. The molecular formula is C8H14O6. The van der Waals surface area contributed by atoms with Gasteiger partial charge >= 0.3 is 11.9 Å². The Morgan fingerprint density at radius 3 is 1.36 bits per heavy atom. The number of hydrogen-bond acceptors (Lipinski definition) is 5. The summed E-state index contributed by atoms with van der Waals surface area (Å²) in [7, 11) is 2.55. The summed E-state index contributed by atoms with van der Waals surface area (Å²) in [5.41, 5.74) is 0. The number of esters is 2. The highest BCUT2D eigenvalue weighted by molar-refractivity contribution is 5.77. The highest BCUT2D eigenvalue weighted by atomic mass is 16.5. The molecule has 0 saturated heterocycles. The standard InChI is InChI=1S/C6H10O4.C2H4O2/c1-9-5(7)3-4-6(8)10-2;1-2(3)4/h3-4H2,1-2H3;1H3,(H,3,4). The van der Waals surface area contributed by atoms with Crippen molar-refractivity contribution in [1.82, 2.24) is 0 Å². The van der Waals surface area contributed by atoms with Crippen LogP contribution in [0.2, 0.25) is 0 Å². The fraction of sp³-hybridized carbons (Fsp3) is 0.625. The van der Waals surface area contributed by atoms with E-state index in [4.69, 9.17) is 9.90 Å². The van der Waals surface area contributed by atoms with E-state index in [0.717, 1.165) is 6.92 Å². The van der Waals surface area contributed by atoms with Gasteiger partial charge in [0.25, 0.3) is 5.97 Å². The number of carbonyl (C=O) groups excluding carboxylic acids is 2. The summed E-state index contributed by atoms with van der Waals surface area (Å²) >= 11 is 0. The van der Waals surface area contributed by atoms with E-state index >= 15 is 0 Å². The van der Waals surface area contributed by atoms with Gasteiger partial charge in [-0.15, -0.1) is 0 Å². The topological polar surface area (TPSA) is 89.9 Å². The fourth-order valence-electron chi connectivity index (χ4n) is 0.408. The van der Waals surface area contributed by atoms with Crippen molar-refractivity contribution >= 4 is 17.9 Å². The number of methoxy groups -OCH3 is 2. The lowest BCUT2D eigenvalue weighted by molar-refractivity contribution is -0.147. The van der Waals surface area contributed by atoms with E-state index < -0.39 is 17.9 Å². The third-order valence-corrected chi connectivity index (χ3v) is 0.989. The molecule has 0 aliphatic carbocycles. The minimum absolute atomic E-state index is 0.0865. The lowest BCUT2D eigenvalue weighted by Gasteiger charge is -1.96. The molecule has 82 valence electrons. The zero-order valence-electron chi connectivity index (χ0n) is 8.40. The number of hydrogen-bond donors (Lipinski definition) is 1. The van der Waals surface area contributed by atoms with Gasteiger partial charge in [-0.1, -0.05) is 0 Å². The number of aliphatic carboxylic acids is 1. The number of ether oxygens (including phenoxy) is 2. The Kier molecular flexibility index (Phi) is 10.1. The molecule has 0 radical (unpaired) electrons. The first-order chi connectivity index (χ1) is 6.43. The van der Waals surface area contributed by atoms with Gasteiger partial charge in [-0.3, -0.25) is 14.4 Å². The summed E-state index contributed by atoms with van der Waals surface area (Å²) in [4.78, 5) is 29.8. The van der Waals surface area contributed by atoms with E-state index in [9.17, 15) is 9.59 Å². The maximum atomic E-state index is 10.4. The Bertz CT molecular complexity index is 178. The molecule has 6 heteroatoms. The summed E-state index contributed by atoms with van der Waals surface area (Å²) in [6.45, 7) is 1.08. The van der Waals surface area contributed by atoms with E-state index in [1.807, 2.05) is 0 Å². The molecule has 6 nitrogen and oxygen atoms in total. The fourth-order valence-corrected chi connectivity index (χ4v) is 0.408. The van der Waals surface area contributed by atoms with Gasteiger partial charge in [-0.25, -0.2) is 0 Å². The first-order valence-electron chi connectivity index (χ1n) is 3.77. The van der Waals surface area contributed by atoms with Gasteiger partial charge < -0.3 is 14.6 Å². The van der Waals surface area contributed by atoms with Crippen LogP contribution in [0.5, 0.6) is 0 Å². The summed E-state index contributed by atoms with van der Waals surface area (Å²) in [5, 5.41) is 7.42. The van der Waals surface area contributed by atoms with E-state index in [1.54, 1.807) is 0 Å². The van der Waals surface area contributed by atoms with Crippen LogP contribution in [0, 0.1) is 0 Å². The smallest absolute Gasteiger partial charge is 0.306 e. The predicted octanol–water partition coefficient (Wildman–Crippen LogP) is 0.203. The molecule has 0 rings (SSSR count). The van der Waals surface area contributed by atoms with Gasteiger partial charge in [0.2, 0.25) is 0 Å². The second-order valence-electron chi connectivity index (χ2n) is 2.17. The molecule has 0 spiro atoms. The van der Waals surface area contributed by atoms with Crippen LogP contribution in [0.4, 0.5) is 0 Å². The van der Waals surface area contributed by atoms with Crippen LogP contribution in [0.3, 0.4) is 0 Å². The number of carboxylic acids is 1.